The van der Waals surface area contributed by atoms with Crippen LogP contribution >= 0.6 is 0 Å². The molecule has 0 saturated heterocycles. The van der Waals surface area contributed by atoms with Crippen LogP contribution in [0.2, 0.25) is 0 Å². The molecule has 0 aliphatic carbocycles. The fourth-order valence-corrected chi connectivity index (χ4v) is 3.16. The van der Waals surface area contributed by atoms with Gasteiger partial charge < -0.3 is 19.4 Å². The van der Waals surface area contributed by atoms with Gasteiger partial charge in [0.1, 0.15) is 17.5 Å². The molecule has 1 aliphatic heterocycles. The Hall–Kier alpha value is -2.85. The number of para-hydroxylation sites is 2. The second kappa shape index (κ2) is 9.19. The maximum absolute atomic E-state index is 12.7. The molecule has 1 aliphatic rings. The molecule has 0 unspecified atom stereocenters. The van der Waals surface area contributed by atoms with Crippen molar-refractivity contribution in [2.24, 2.45) is 0 Å². The zero-order valence-electron chi connectivity index (χ0n) is 16.4. The first-order chi connectivity index (χ1) is 12.9. The van der Waals surface area contributed by atoms with Crippen LogP contribution in [0.4, 0.5) is 11.4 Å². The van der Waals surface area contributed by atoms with Crippen molar-refractivity contribution in [3.8, 4) is 6.07 Å². The first-order valence-electron chi connectivity index (χ1n) is 8.89. The highest BCUT2D eigenvalue weighted by Crippen LogP contribution is 2.40. The molecule has 0 spiro atoms. The van der Waals surface area contributed by atoms with Gasteiger partial charge in [-0.05, 0) is 18.6 Å². The number of hydrogen-bond donors (Lipinski definition) is 0. The second-order valence-electron chi connectivity index (χ2n) is 6.50. The third-order valence-corrected chi connectivity index (χ3v) is 4.69. The van der Waals surface area contributed by atoms with E-state index in [1.165, 1.54) is 0 Å². The molecule has 1 aromatic carbocycles. The summed E-state index contributed by atoms with van der Waals surface area (Å²) in [7, 11) is 6.99. The highest BCUT2D eigenvalue weighted by atomic mass is 16.5. The van der Waals surface area contributed by atoms with Gasteiger partial charge in [-0.2, -0.15) is 5.26 Å². The standard InChI is InChI=1S/C20H26N4O3/c1-22(12-7-13-27-4)19(26)11-10-18(25)15(14-21)20-23(2)16-8-5-6-9-17(16)24(20)3/h5-6,8-9H,7,10-13H2,1-4H3. The molecule has 0 bridgehead atoms. The number of hydrogen-bond acceptors (Lipinski definition) is 6. The van der Waals surface area contributed by atoms with Crippen molar-refractivity contribution in [3.05, 3.63) is 35.7 Å². The summed E-state index contributed by atoms with van der Waals surface area (Å²) in [5, 5.41) is 9.60. The molecule has 27 heavy (non-hydrogen) atoms. The minimum Gasteiger partial charge on any atom is -0.385 e. The lowest BCUT2D eigenvalue weighted by Gasteiger charge is -2.20. The van der Waals surface area contributed by atoms with Gasteiger partial charge in [0.15, 0.2) is 5.78 Å². The molecular formula is C20H26N4O3. The van der Waals surface area contributed by atoms with Crippen molar-refractivity contribution in [2.75, 3.05) is 51.2 Å². The van der Waals surface area contributed by atoms with E-state index in [0.29, 0.717) is 19.0 Å². The van der Waals surface area contributed by atoms with E-state index in [1.807, 2.05) is 54.2 Å². The number of anilines is 2. The molecule has 7 heteroatoms. The van der Waals surface area contributed by atoms with E-state index in [0.717, 1.165) is 17.8 Å². The Kier molecular flexibility index (Phi) is 6.97. The maximum atomic E-state index is 12.7. The van der Waals surface area contributed by atoms with E-state index >= 15 is 0 Å². The van der Waals surface area contributed by atoms with Crippen LogP contribution in [-0.4, -0.2) is 58.0 Å². The van der Waals surface area contributed by atoms with Gasteiger partial charge in [-0.1, -0.05) is 12.1 Å². The predicted molar refractivity (Wildman–Crippen MR) is 104 cm³/mol. The summed E-state index contributed by atoms with van der Waals surface area (Å²) in [6, 6.07) is 9.75. The summed E-state index contributed by atoms with van der Waals surface area (Å²) in [6.45, 7) is 1.16. The average molecular weight is 370 g/mol. The fraction of sp³-hybridized carbons (Fsp3) is 0.450. The van der Waals surface area contributed by atoms with E-state index in [9.17, 15) is 14.9 Å². The van der Waals surface area contributed by atoms with Gasteiger partial charge in [-0.3, -0.25) is 9.59 Å². The summed E-state index contributed by atoms with van der Waals surface area (Å²) in [4.78, 5) is 30.1. The molecule has 7 nitrogen and oxygen atoms in total. The Balaban J connectivity index is 2.08. The molecule has 0 atom stereocenters. The topological polar surface area (TPSA) is 76.9 Å². The highest BCUT2D eigenvalue weighted by Gasteiger charge is 2.31. The van der Waals surface area contributed by atoms with Gasteiger partial charge in [0, 0.05) is 54.2 Å². The first kappa shape index (κ1) is 20.5. The third-order valence-electron chi connectivity index (χ3n) is 4.69. The fourth-order valence-electron chi connectivity index (χ4n) is 3.16. The van der Waals surface area contributed by atoms with Crippen LogP contribution in [0.15, 0.2) is 35.7 Å². The smallest absolute Gasteiger partial charge is 0.222 e. The minimum absolute atomic E-state index is 0.0118. The molecule has 0 radical (unpaired) electrons. The molecule has 0 saturated carbocycles. The first-order valence-corrected chi connectivity index (χ1v) is 8.89. The monoisotopic (exact) mass is 370 g/mol. The van der Waals surface area contributed by atoms with Crippen LogP contribution in [0.3, 0.4) is 0 Å². The lowest BCUT2D eigenvalue weighted by molar-refractivity contribution is -0.131. The van der Waals surface area contributed by atoms with Crippen molar-refractivity contribution >= 4 is 23.1 Å². The SMILES string of the molecule is COCCCN(C)C(=O)CCC(=O)C(C#N)=C1N(C)c2ccccc2N1C. The lowest BCUT2D eigenvalue weighted by Crippen LogP contribution is -2.29. The van der Waals surface area contributed by atoms with Gasteiger partial charge >= 0.3 is 0 Å². The highest BCUT2D eigenvalue weighted by molar-refractivity contribution is 6.03. The summed E-state index contributed by atoms with van der Waals surface area (Å²) in [5.41, 5.74) is 1.94. The molecule has 0 aromatic heterocycles. The van der Waals surface area contributed by atoms with E-state index < -0.39 is 0 Å². The molecule has 0 N–H and O–H groups in total. The van der Waals surface area contributed by atoms with E-state index in [-0.39, 0.29) is 30.1 Å². The van der Waals surface area contributed by atoms with Crippen molar-refractivity contribution in [2.45, 2.75) is 19.3 Å². The largest absolute Gasteiger partial charge is 0.385 e. The van der Waals surface area contributed by atoms with Gasteiger partial charge in [0.05, 0.1) is 11.4 Å². The summed E-state index contributed by atoms with van der Waals surface area (Å²) in [6.07, 6.45) is 0.840. The van der Waals surface area contributed by atoms with Crippen LogP contribution in [0.5, 0.6) is 0 Å². The maximum Gasteiger partial charge on any atom is 0.222 e. The third kappa shape index (κ3) is 4.47. The van der Waals surface area contributed by atoms with Crippen molar-refractivity contribution in [1.82, 2.24) is 4.90 Å². The van der Waals surface area contributed by atoms with Crippen molar-refractivity contribution < 1.29 is 14.3 Å². The Morgan fingerprint density at radius 3 is 2.26 bits per heavy atom. The van der Waals surface area contributed by atoms with Gasteiger partial charge in [-0.15, -0.1) is 0 Å². The predicted octanol–water partition coefficient (Wildman–Crippen LogP) is 2.15. The Morgan fingerprint density at radius 1 is 1.15 bits per heavy atom. The summed E-state index contributed by atoms with van der Waals surface area (Å²) in [5.74, 6) is 0.111. The zero-order chi connectivity index (χ0) is 20.0. The van der Waals surface area contributed by atoms with Crippen LogP contribution < -0.4 is 9.80 Å². The van der Waals surface area contributed by atoms with Crippen LogP contribution in [0, 0.1) is 11.3 Å². The Morgan fingerprint density at radius 2 is 1.74 bits per heavy atom. The molecule has 1 aromatic rings. The van der Waals surface area contributed by atoms with Crippen molar-refractivity contribution in [3.63, 3.8) is 0 Å². The van der Waals surface area contributed by atoms with Gasteiger partial charge in [0.25, 0.3) is 0 Å². The number of rotatable bonds is 8. The number of Topliss-reactive ketones (excluding diaryl/α,β-unsaturated/α-hetero) is 1. The van der Waals surface area contributed by atoms with Crippen LogP contribution in [-0.2, 0) is 14.3 Å². The number of ketones is 1. The zero-order valence-corrected chi connectivity index (χ0v) is 16.4. The summed E-state index contributed by atoms with van der Waals surface area (Å²) >= 11 is 0. The number of carbonyl (C=O) groups excluding carboxylic acids is 2. The second-order valence-corrected chi connectivity index (χ2v) is 6.50. The van der Waals surface area contributed by atoms with Gasteiger partial charge in [-0.25, -0.2) is 0 Å². The van der Waals surface area contributed by atoms with Crippen LogP contribution in [0.1, 0.15) is 19.3 Å². The van der Waals surface area contributed by atoms with Crippen LogP contribution in [0.25, 0.3) is 0 Å². The lowest BCUT2D eigenvalue weighted by atomic mass is 10.1. The summed E-state index contributed by atoms with van der Waals surface area (Å²) < 4.78 is 4.98. The van der Waals surface area contributed by atoms with Gasteiger partial charge in [0.2, 0.25) is 5.91 Å². The molecular weight excluding hydrogens is 344 g/mol. The number of nitriles is 1. The molecule has 2 rings (SSSR count). The number of fused-ring (bicyclic) bond motifs is 1. The normalized spacial score (nSPS) is 12.6. The number of amides is 1. The quantitative estimate of drug-likeness (QED) is 0.396. The molecule has 144 valence electrons. The Bertz CT molecular complexity index is 751. The van der Waals surface area contributed by atoms with E-state index in [4.69, 9.17) is 4.74 Å². The van der Waals surface area contributed by atoms with E-state index in [1.54, 1.807) is 19.1 Å². The number of ether oxygens (including phenoxy) is 1. The van der Waals surface area contributed by atoms with E-state index in [2.05, 4.69) is 0 Å². The molecule has 1 amide bonds. The number of carbonyl (C=O) groups is 2. The number of methoxy groups -OCH3 is 1. The molecule has 1 heterocycles. The molecule has 0 fully saturated rings. The van der Waals surface area contributed by atoms with Crippen molar-refractivity contribution in [1.29, 1.82) is 5.26 Å². The number of allylic oxidation sites excluding steroid dienone is 1. The Labute approximate surface area is 160 Å². The average Bonchev–Trinajstić information content (AvgIpc) is 2.92. The minimum atomic E-state index is -0.322. The number of nitrogens with zero attached hydrogens (tertiary/aromatic N) is 4. The number of benzene rings is 1.